The molecule has 2 aromatic carbocycles. The average molecular weight is 459 g/mol. The molecule has 9 nitrogen and oxygen atoms in total. The molecular weight excluding hydrogens is 428 g/mol. The second-order valence-electron chi connectivity index (χ2n) is 6.91. The number of anilines is 1. The highest BCUT2D eigenvalue weighted by Gasteiger charge is 2.28. The summed E-state index contributed by atoms with van der Waals surface area (Å²) in [5.74, 6) is -0.111. The number of hydrogen-bond donors (Lipinski definition) is 4. The molecule has 178 valence electrons. The minimum atomic E-state index is -0.772. The lowest BCUT2D eigenvalue weighted by molar-refractivity contribution is -0.124. The Balaban J connectivity index is 2.23. The van der Waals surface area contributed by atoms with E-state index in [4.69, 9.17) is 24.5 Å². The van der Waals surface area contributed by atoms with Crippen LogP contribution in [0.2, 0.25) is 0 Å². The third-order valence-electron chi connectivity index (χ3n) is 4.52. The number of hydrogen-bond acceptors (Lipinski definition) is 7. The fourth-order valence-electron chi connectivity index (χ4n) is 3.11. The topological polar surface area (TPSA) is 126 Å². The number of rotatable bonds is 13. The summed E-state index contributed by atoms with van der Waals surface area (Å²) in [6.45, 7) is 2.23. The van der Waals surface area contributed by atoms with Gasteiger partial charge in [-0.3, -0.25) is 15.3 Å². The predicted molar refractivity (Wildman–Crippen MR) is 122 cm³/mol. The molecule has 0 saturated carbocycles. The van der Waals surface area contributed by atoms with Gasteiger partial charge in [-0.25, -0.2) is 10.3 Å². The molecule has 0 aliphatic rings. The Labute approximate surface area is 192 Å². The van der Waals surface area contributed by atoms with Crippen LogP contribution in [0.4, 0.5) is 10.5 Å². The number of para-hydroxylation sites is 1. The summed E-state index contributed by atoms with van der Waals surface area (Å²) in [6.07, 6.45) is 1.75. The molecule has 0 heterocycles. The Hall–Kier alpha value is -3.40. The van der Waals surface area contributed by atoms with Gasteiger partial charge in [0.05, 0.1) is 12.7 Å². The number of ether oxygens (including phenoxy) is 3. The molecule has 4 N–H and O–H groups in total. The first-order chi connectivity index (χ1) is 16.1. The van der Waals surface area contributed by atoms with Crippen molar-refractivity contribution < 1.29 is 34.1 Å². The van der Waals surface area contributed by atoms with Crippen molar-refractivity contribution in [3.05, 3.63) is 72.3 Å². The number of allylic oxidation sites excluding steroid dienone is 1. The lowest BCUT2D eigenvalue weighted by atomic mass is 10.00. The van der Waals surface area contributed by atoms with Gasteiger partial charge in [-0.05, 0) is 49.6 Å². The van der Waals surface area contributed by atoms with E-state index in [-0.39, 0.29) is 13.2 Å². The lowest BCUT2D eigenvalue weighted by Gasteiger charge is -2.27. The van der Waals surface area contributed by atoms with Gasteiger partial charge in [0.2, 0.25) is 0 Å². The molecular formula is C24H30N2O7. The standard InChI is InChI=1S/C24H30N2O7/c1-2-31-21(13-6-7-14-22(28)26-30)23(18-9-8-12-20(17-18)32-16-15-27)33-24(29)25-19-10-4-3-5-11-19/h3-5,7-12,14,17,21,23,27,30H,2,6,13,15-16H2,1H3,(H,25,29)(H,26,28)/b14-7+/t21-,23-/m0/s1. The fraction of sp³-hybridized carbons (Fsp3) is 0.333. The maximum atomic E-state index is 12.7. The fourth-order valence-corrected chi connectivity index (χ4v) is 3.11. The highest BCUT2D eigenvalue weighted by molar-refractivity contribution is 5.86. The number of carbonyl (C=O) groups excluding carboxylic acids is 2. The van der Waals surface area contributed by atoms with Gasteiger partial charge in [0.25, 0.3) is 5.91 Å². The third kappa shape index (κ3) is 9.32. The van der Waals surface area contributed by atoms with Crippen molar-refractivity contribution in [2.45, 2.75) is 32.0 Å². The van der Waals surface area contributed by atoms with Crippen LogP contribution in [0.5, 0.6) is 5.75 Å². The van der Waals surface area contributed by atoms with Gasteiger partial charge in [0.1, 0.15) is 12.4 Å². The van der Waals surface area contributed by atoms with E-state index in [1.165, 1.54) is 11.6 Å². The van der Waals surface area contributed by atoms with Crippen molar-refractivity contribution in [2.24, 2.45) is 0 Å². The van der Waals surface area contributed by atoms with Gasteiger partial charge in [-0.2, -0.15) is 0 Å². The lowest BCUT2D eigenvalue weighted by Crippen LogP contribution is -2.29. The normalized spacial score (nSPS) is 12.7. The van der Waals surface area contributed by atoms with E-state index in [0.29, 0.717) is 36.4 Å². The van der Waals surface area contributed by atoms with E-state index in [1.807, 2.05) is 13.0 Å². The molecule has 9 heteroatoms. The van der Waals surface area contributed by atoms with Crippen LogP contribution in [0, 0.1) is 0 Å². The van der Waals surface area contributed by atoms with E-state index >= 15 is 0 Å². The molecule has 0 aromatic heterocycles. The van der Waals surface area contributed by atoms with Crippen molar-refractivity contribution in [1.29, 1.82) is 0 Å². The van der Waals surface area contributed by atoms with Crippen molar-refractivity contribution in [3.63, 3.8) is 0 Å². The molecule has 0 bridgehead atoms. The molecule has 2 atom stereocenters. The minimum Gasteiger partial charge on any atom is -0.491 e. The number of amides is 2. The van der Waals surface area contributed by atoms with Crippen LogP contribution in [0.15, 0.2) is 66.7 Å². The Morgan fingerprint density at radius 3 is 2.61 bits per heavy atom. The van der Waals surface area contributed by atoms with Gasteiger partial charge in [0.15, 0.2) is 6.10 Å². The first-order valence-corrected chi connectivity index (χ1v) is 10.7. The molecule has 2 aromatic rings. The zero-order valence-electron chi connectivity index (χ0n) is 18.5. The summed E-state index contributed by atoms with van der Waals surface area (Å²) in [4.78, 5) is 23.9. The van der Waals surface area contributed by atoms with Gasteiger partial charge in [0, 0.05) is 18.4 Å². The van der Waals surface area contributed by atoms with E-state index in [1.54, 1.807) is 54.6 Å². The number of aliphatic hydroxyl groups is 1. The highest BCUT2D eigenvalue weighted by Crippen LogP contribution is 2.30. The maximum Gasteiger partial charge on any atom is 0.412 e. The molecule has 0 radical (unpaired) electrons. The smallest absolute Gasteiger partial charge is 0.412 e. The van der Waals surface area contributed by atoms with Crippen LogP contribution < -0.4 is 15.5 Å². The summed E-state index contributed by atoms with van der Waals surface area (Å²) in [5, 5.41) is 20.3. The zero-order chi connectivity index (χ0) is 23.9. The van der Waals surface area contributed by atoms with Gasteiger partial charge < -0.3 is 19.3 Å². The van der Waals surface area contributed by atoms with E-state index in [2.05, 4.69) is 5.32 Å². The van der Waals surface area contributed by atoms with Gasteiger partial charge in [-0.15, -0.1) is 0 Å². The van der Waals surface area contributed by atoms with Crippen molar-refractivity contribution >= 4 is 17.7 Å². The van der Waals surface area contributed by atoms with Crippen LogP contribution in [0.3, 0.4) is 0 Å². The summed E-state index contributed by atoms with van der Waals surface area (Å²) < 4.78 is 17.2. The number of hydroxylamine groups is 1. The minimum absolute atomic E-state index is 0.126. The monoisotopic (exact) mass is 458 g/mol. The zero-order valence-corrected chi connectivity index (χ0v) is 18.5. The molecule has 33 heavy (non-hydrogen) atoms. The largest absolute Gasteiger partial charge is 0.491 e. The van der Waals surface area contributed by atoms with Crippen molar-refractivity contribution in [1.82, 2.24) is 5.48 Å². The van der Waals surface area contributed by atoms with Crippen LogP contribution in [-0.2, 0) is 14.3 Å². The Bertz CT molecular complexity index is 889. The van der Waals surface area contributed by atoms with Crippen molar-refractivity contribution in [2.75, 3.05) is 25.1 Å². The molecule has 0 aliphatic carbocycles. The Morgan fingerprint density at radius 1 is 1.12 bits per heavy atom. The van der Waals surface area contributed by atoms with Gasteiger partial charge in [-0.1, -0.05) is 36.4 Å². The SMILES string of the molecule is CCO[C@@H](CC/C=C/C(=O)NO)[C@@H](OC(=O)Nc1ccccc1)c1cccc(OCCO)c1. The van der Waals surface area contributed by atoms with Crippen LogP contribution in [-0.4, -0.2) is 48.2 Å². The molecule has 0 aliphatic heterocycles. The molecule has 2 rings (SSSR count). The number of carbonyl (C=O) groups is 2. The summed E-state index contributed by atoms with van der Waals surface area (Å²) >= 11 is 0. The summed E-state index contributed by atoms with van der Waals surface area (Å²) in [5.41, 5.74) is 2.78. The molecule has 0 saturated heterocycles. The second kappa shape index (κ2) is 14.6. The van der Waals surface area contributed by atoms with Crippen LogP contribution in [0.1, 0.15) is 31.4 Å². The first kappa shape index (κ1) is 25.9. The number of nitrogens with one attached hydrogen (secondary N) is 2. The number of benzene rings is 2. The van der Waals surface area contributed by atoms with E-state index < -0.39 is 24.2 Å². The van der Waals surface area contributed by atoms with Gasteiger partial charge >= 0.3 is 6.09 Å². The van der Waals surface area contributed by atoms with Crippen molar-refractivity contribution in [3.8, 4) is 5.75 Å². The molecule has 2 amide bonds. The second-order valence-corrected chi connectivity index (χ2v) is 6.91. The average Bonchev–Trinajstić information content (AvgIpc) is 2.84. The van der Waals surface area contributed by atoms with Crippen LogP contribution in [0.25, 0.3) is 0 Å². The molecule has 0 fully saturated rings. The quantitative estimate of drug-likeness (QED) is 0.205. The highest BCUT2D eigenvalue weighted by atomic mass is 16.6. The summed E-state index contributed by atoms with van der Waals surface area (Å²) in [6, 6.07) is 16.0. The predicted octanol–water partition coefficient (Wildman–Crippen LogP) is 3.59. The molecule has 0 unspecified atom stereocenters. The Morgan fingerprint density at radius 2 is 1.91 bits per heavy atom. The van der Waals surface area contributed by atoms with E-state index in [0.717, 1.165) is 0 Å². The maximum absolute atomic E-state index is 12.7. The number of aliphatic hydroxyl groups excluding tert-OH is 1. The van der Waals surface area contributed by atoms with Crippen LogP contribution >= 0.6 is 0 Å². The first-order valence-electron chi connectivity index (χ1n) is 10.7. The third-order valence-corrected chi connectivity index (χ3v) is 4.52. The summed E-state index contributed by atoms with van der Waals surface area (Å²) in [7, 11) is 0. The Kier molecular flexibility index (Phi) is 11.5. The molecule has 0 spiro atoms. The van der Waals surface area contributed by atoms with E-state index in [9.17, 15) is 9.59 Å².